The average molecular weight is 168 g/mol. The maximum absolute atomic E-state index is 5.01. The minimum Gasteiger partial charge on any atom is -0.502 e. The van der Waals surface area contributed by atoms with Gasteiger partial charge < -0.3 is 4.74 Å². The summed E-state index contributed by atoms with van der Waals surface area (Å²) in [6.07, 6.45) is 12.0. The number of rotatable bonds is 8. The fourth-order valence-corrected chi connectivity index (χ4v) is 0.992. The van der Waals surface area contributed by atoms with Crippen LogP contribution in [0.4, 0.5) is 0 Å². The van der Waals surface area contributed by atoms with Gasteiger partial charge in [0.15, 0.2) is 0 Å². The van der Waals surface area contributed by atoms with Crippen molar-refractivity contribution in [2.75, 3.05) is 6.61 Å². The highest BCUT2D eigenvalue weighted by Crippen LogP contribution is 2.01. The molecule has 0 N–H and O–H groups in total. The van der Waals surface area contributed by atoms with Crippen molar-refractivity contribution >= 4 is 0 Å². The quantitative estimate of drug-likeness (QED) is 0.305. The van der Waals surface area contributed by atoms with Crippen molar-refractivity contribution < 1.29 is 4.74 Å². The summed E-state index contributed by atoms with van der Waals surface area (Å²) in [6.45, 7) is 6.47. The van der Waals surface area contributed by atoms with Crippen LogP contribution in [0.25, 0.3) is 0 Å². The summed E-state index contributed by atoms with van der Waals surface area (Å²) in [6, 6.07) is 0. The van der Waals surface area contributed by atoms with Crippen molar-refractivity contribution in [1.82, 2.24) is 0 Å². The average Bonchev–Trinajstić information content (AvgIpc) is 2.10. The number of unbranched alkanes of at least 4 members (excludes halogenated alkanes) is 3. The largest absolute Gasteiger partial charge is 0.502 e. The van der Waals surface area contributed by atoms with E-state index in [-0.39, 0.29) is 0 Å². The molecule has 0 aliphatic carbocycles. The van der Waals surface area contributed by atoms with Crippen LogP contribution < -0.4 is 0 Å². The Labute approximate surface area is 76.1 Å². The van der Waals surface area contributed by atoms with E-state index in [4.69, 9.17) is 4.74 Å². The molecular formula is C11H20O. The highest BCUT2D eigenvalue weighted by Gasteiger charge is 1.86. The molecule has 0 aliphatic heterocycles. The fraction of sp³-hybridized carbons (Fsp3) is 0.636. The lowest BCUT2D eigenvalue weighted by molar-refractivity contribution is 0.242. The molecule has 70 valence electrons. The van der Waals surface area contributed by atoms with Crippen molar-refractivity contribution in [1.29, 1.82) is 0 Å². The summed E-state index contributed by atoms with van der Waals surface area (Å²) in [5.41, 5.74) is 0. The van der Waals surface area contributed by atoms with Gasteiger partial charge in [0.2, 0.25) is 0 Å². The first-order valence-electron chi connectivity index (χ1n) is 4.79. The Morgan fingerprint density at radius 3 is 2.67 bits per heavy atom. The van der Waals surface area contributed by atoms with Gasteiger partial charge in [-0.25, -0.2) is 0 Å². The molecular weight excluding hydrogens is 148 g/mol. The Morgan fingerprint density at radius 2 is 2.00 bits per heavy atom. The molecule has 0 aliphatic rings. The zero-order chi connectivity index (χ0) is 9.07. The van der Waals surface area contributed by atoms with E-state index in [1.54, 1.807) is 0 Å². The van der Waals surface area contributed by atoms with Crippen molar-refractivity contribution in [2.45, 2.75) is 39.0 Å². The third-order valence-electron chi connectivity index (χ3n) is 1.65. The molecule has 0 aromatic heterocycles. The first kappa shape index (κ1) is 11.3. The maximum atomic E-state index is 5.01. The van der Waals surface area contributed by atoms with Crippen molar-refractivity contribution in [3.8, 4) is 0 Å². The second-order valence-corrected chi connectivity index (χ2v) is 2.77. The van der Waals surface area contributed by atoms with Crippen molar-refractivity contribution in [2.24, 2.45) is 0 Å². The minimum absolute atomic E-state index is 0.820. The monoisotopic (exact) mass is 168 g/mol. The lowest BCUT2D eigenvalue weighted by Gasteiger charge is -1.98. The molecule has 0 saturated carbocycles. The van der Waals surface area contributed by atoms with Crippen LogP contribution in [-0.2, 0) is 4.74 Å². The van der Waals surface area contributed by atoms with E-state index in [1.807, 2.05) is 0 Å². The molecule has 0 aromatic rings. The van der Waals surface area contributed by atoms with E-state index in [9.17, 15) is 0 Å². The third kappa shape index (κ3) is 9.28. The third-order valence-corrected chi connectivity index (χ3v) is 1.65. The molecule has 0 unspecified atom stereocenters. The van der Waals surface area contributed by atoms with Gasteiger partial charge in [0.25, 0.3) is 0 Å². The van der Waals surface area contributed by atoms with Crippen LogP contribution in [-0.4, -0.2) is 6.61 Å². The number of hydrogen-bond donors (Lipinski definition) is 0. The van der Waals surface area contributed by atoms with Gasteiger partial charge in [-0.1, -0.05) is 25.7 Å². The van der Waals surface area contributed by atoms with E-state index in [1.165, 1.54) is 25.5 Å². The molecule has 12 heavy (non-hydrogen) atoms. The molecule has 0 rings (SSSR count). The molecule has 1 nitrogen and oxygen atoms in total. The Kier molecular flexibility index (Phi) is 9.66. The van der Waals surface area contributed by atoms with Crippen LogP contribution in [0.3, 0.4) is 0 Å². The zero-order valence-electron chi connectivity index (χ0n) is 8.09. The standard InChI is InChI=1S/C11H20O/c1-3-5-6-7-8-9-10-11-12-4-2/h4-6H,2-3,7-11H2,1H3. The van der Waals surface area contributed by atoms with Gasteiger partial charge in [0.1, 0.15) is 0 Å². The van der Waals surface area contributed by atoms with Gasteiger partial charge in [0.05, 0.1) is 12.9 Å². The summed E-state index contributed by atoms with van der Waals surface area (Å²) >= 11 is 0. The summed E-state index contributed by atoms with van der Waals surface area (Å²) in [5, 5.41) is 0. The molecule has 1 heteroatoms. The number of ether oxygens (including phenoxy) is 1. The van der Waals surface area contributed by atoms with E-state index in [0.29, 0.717) is 0 Å². The maximum Gasteiger partial charge on any atom is 0.0873 e. The highest BCUT2D eigenvalue weighted by atomic mass is 16.5. The molecule has 0 amide bonds. The zero-order valence-corrected chi connectivity index (χ0v) is 8.09. The lowest BCUT2D eigenvalue weighted by Crippen LogP contribution is -1.86. The van der Waals surface area contributed by atoms with Gasteiger partial charge in [0, 0.05) is 0 Å². The molecule has 0 fully saturated rings. The van der Waals surface area contributed by atoms with Gasteiger partial charge in [-0.15, -0.1) is 0 Å². The van der Waals surface area contributed by atoms with E-state index < -0.39 is 0 Å². The Balaban J connectivity index is 2.90. The molecule has 0 heterocycles. The van der Waals surface area contributed by atoms with Crippen molar-refractivity contribution in [3.63, 3.8) is 0 Å². The van der Waals surface area contributed by atoms with Gasteiger partial charge in [-0.05, 0) is 32.1 Å². The molecule has 0 spiro atoms. The normalized spacial score (nSPS) is 10.4. The van der Waals surface area contributed by atoms with Gasteiger partial charge in [-0.2, -0.15) is 0 Å². The van der Waals surface area contributed by atoms with E-state index in [0.717, 1.165) is 19.4 Å². The minimum atomic E-state index is 0.820. The van der Waals surface area contributed by atoms with Crippen LogP contribution in [0.2, 0.25) is 0 Å². The van der Waals surface area contributed by atoms with Crippen LogP contribution in [0.5, 0.6) is 0 Å². The fourth-order valence-electron chi connectivity index (χ4n) is 0.992. The van der Waals surface area contributed by atoms with Crippen molar-refractivity contribution in [3.05, 3.63) is 25.0 Å². The predicted molar refractivity (Wildman–Crippen MR) is 54.0 cm³/mol. The summed E-state index contributed by atoms with van der Waals surface area (Å²) in [4.78, 5) is 0. The van der Waals surface area contributed by atoms with Crippen LogP contribution >= 0.6 is 0 Å². The number of hydrogen-bond acceptors (Lipinski definition) is 1. The van der Waals surface area contributed by atoms with E-state index >= 15 is 0 Å². The predicted octanol–water partition coefficient (Wildman–Crippen LogP) is 3.67. The van der Waals surface area contributed by atoms with Crippen LogP contribution in [0, 0.1) is 0 Å². The topological polar surface area (TPSA) is 9.23 Å². The summed E-state index contributed by atoms with van der Waals surface area (Å²) in [7, 11) is 0. The first-order valence-corrected chi connectivity index (χ1v) is 4.79. The molecule has 0 bridgehead atoms. The Bertz CT molecular complexity index is 116. The van der Waals surface area contributed by atoms with Crippen LogP contribution in [0.15, 0.2) is 25.0 Å². The molecule has 0 radical (unpaired) electrons. The molecule has 0 atom stereocenters. The summed E-state index contributed by atoms with van der Waals surface area (Å²) in [5.74, 6) is 0. The number of allylic oxidation sites excluding steroid dienone is 2. The SMILES string of the molecule is C=COCCCCCC=CCC. The Hall–Kier alpha value is -0.720. The smallest absolute Gasteiger partial charge is 0.0873 e. The van der Waals surface area contributed by atoms with E-state index in [2.05, 4.69) is 25.7 Å². The summed E-state index contributed by atoms with van der Waals surface area (Å²) < 4.78 is 5.01. The van der Waals surface area contributed by atoms with Crippen LogP contribution in [0.1, 0.15) is 39.0 Å². The van der Waals surface area contributed by atoms with Gasteiger partial charge in [-0.3, -0.25) is 0 Å². The molecule has 0 saturated heterocycles. The second kappa shape index (κ2) is 10.3. The first-order chi connectivity index (χ1) is 5.91. The van der Waals surface area contributed by atoms with Gasteiger partial charge >= 0.3 is 0 Å². The Morgan fingerprint density at radius 1 is 1.17 bits per heavy atom. The lowest BCUT2D eigenvalue weighted by atomic mass is 10.2. The second-order valence-electron chi connectivity index (χ2n) is 2.77. The molecule has 0 aromatic carbocycles. The highest BCUT2D eigenvalue weighted by molar-refractivity contribution is 4.79.